The van der Waals surface area contributed by atoms with E-state index in [0.717, 1.165) is 33.7 Å². The van der Waals surface area contributed by atoms with Crippen LogP contribution in [-0.2, 0) is 0 Å². The van der Waals surface area contributed by atoms with Crippen LogP contribution in [0.4, 0.5) is 5.69 Å². The van der Waals surface area contributed by atoms with Gasteiger partial charge in [0.05, 0.1) is 12.7 Å². The Morgan fingerprint density at radius 3 is 2.16 bits per heavy atom. The molecule has 0 aliphatic heterocycles. The van der Waals surface area contributed by atoms with Crippen molar-refractivity contribution in [2.24, 2.45) is 0 Å². The average molecular weight is 488 g/mol. The number of ether oxygens (including phenoxy) is 2. The Kier molecular flexibility index (Phi) is 6.91. The molecule has 0 spiro atoms. The first-order valence-corrected chi connectivity index (χ1v) is 12.3. The molecular weight excluding hydrogens is 458 g/mol. The van der Waals surface area contributed by atoms with Gasteiger partial charge in [0.1, 0.15) is 17.2 Å². The van der Waals surface area contributed by atoms with Gasteiger partial charge in [0.2, 0.25) is 0 Å². The van der Waals surface area contributed by atoms with Crippen molar-refractivity contribution < 1.29 is 14.3 Å². The topological polar surface area (TPSA) is 38.8 Å². The molecule has 4 nitrogen and oxygen atoms in total. The predicted molar refractivity (Wildman–Crippen MR) is 150 cm³/mol. The van der Waals surface area contributed by atoms with E-state index in [1.54, 1.807) is 7.11 Å². The molecule has 4 heteroatoms. The van der Waals surface area contributed by atoms with Crippen LogP contribution in [0.15, 0.2) is 115 Å². The van der Waals surface area contributed by atoms with Crippen LogP contribution in [0.3, 0.4) is 0 Å². The second-order valence-electron chi connectivity index (χ2n) is 9.14. The number of Topliss-reactive ketones (excluding diaryl/α,β-unsaturated/α-hetero) is 1. The molecule has 0 amide bonds. The molecule has 0 heterocycles. The van der Waals surface area contributed by atoms with Gasteiger partial charge in [-0.15, -0.1) is 0 Å². The number of allylic oxidation sites excluding steroid dienone is 3. The molecule has 0 saturated carbocycles. The highest BCUT2D eigenvalue weighted by atomic mass is 16.5. The summed E-state index contributed by atoms with van der Waals surface area (Å²) in [4.78, 5) is 15.9. The minimum atomic E-state index is -0.163. The first kappa shape index (κ1) is 24.1. The summed E-state index contributed by atoms with van der Waals surface area (Å²) >= 11 is 0. The lowest BCUT2D eigenvalue weighted by Gasteiger charge is -2.14. The average Bonchev–Trinajstić information content (AvgIpc) is 3.22. The van der Waals surface area contributed by atoms with Crippen LogP contribution in [0.2, 0.25) is 0 Å². The monoisotopic (exact) mass is 487 g/mol. The fourth-order valence-corrected chi connectivity index (χ4v) is 4.65. The smallest absolute Gasteiger partial charge is 0.194 e. The molecule has 1 unspecified atom stereocenters. The van der Waals surface area contributed by atoms with Gasteiger partial charge >= 0.3 is 0 Å². The van der Waals surface area contributed by atoms with Gasteiger partial charge < -0.3 is 14.4 Å². The second kappa shape index (κ2) is 10.6. The molecular formula is C33H29NO3. The summed E-state index contributed by atoms with van der Waals surface area (Å²) in [5.41, 5.74) is 5.59. The number of anilines is 1. The third-order valence-corrected chi connectivity index (χ3v) is 6.56. The molecule has 1 aliphatic rings. The number of methoxy groups -OCH3 is 1. The summed E-state index contributed by atoms with van der Waals surface area (Å²) in [5.74, 6) is 1.78. The Morgan fingerprint density at radius 2 is 1.49 bits per heavy atom. The second-order valence-corrected chi connectivity index (χ2v) is 9.14. The van der Waals surface area contributed by atoms with Crippen molar-refractivity contribution in [3.8, 4) is 17.2 Å². The molecule has 4 aromatic rings. The van der Waals surface area contributed by atoms with E-state index in [-0.39, 0.29) is 11.7 Å². The van der Waals surface area contributed by atoms with Gasteiger partial charge in [-0.25, -0.2) is 0 Å². The number of carbonyl (C=O) groups is 1. The summed E-state index contributed by atoms with van der Waals surface area (Å²) in [6.45, 7) is 0. The Hall–Kier alpha value is -4.57. The summed E-state index contributed by atoms with van der Waals surface area (Å²) in [6.07, 6.45) is 5.93. The zero-order chi connectivity index (χ0) is 25.8. The quantitative estimate of drug-likeness (QED) is 0.253. The maximum atomic E-state index is 13.8. The Balaban J connectivity index is 1.51. The van der Waals surface area contributed by atoms with Crippen molar-refractivity contribution in [1.82, 2.24) is 0 Å². The third-order valence-electron chi connectivity index (χ3n) is 6.56. The van der Waals surface area contributed by atoms with Crippen molar-refractivity contribution in [3.05, 3.63) is 137 Å². The highest BCUT2D eigenvalue weighted by molar-refractivity contribution is 6.17. The fraction of sp³-hybridized carbons (Fsp3) is 0.121. The molecule has 4 aromatic carbocycles. The zero-order valence-corrected chi connectivity index (χ0v) is 21.2. The van der Waals surface area contributed by atoms with Gasteiger partial charge in [0, 0.05) is 31.3 Å². The number of ketones is 1. The summed E-state index contributed by atoms with van der Waals surface area (Å²) in [6, 6.07) is 31.7. The van der Waals surface area contributed by atoms with Crippen molar-refractivity contribution in [2.75, 3.05) is 26.1 Å². The molecule has 184 valence electrons. The van der Waals surface area contributed by atoms with Crippen molar-refractivity contribution in [1.29, 1.82) is 0 Å². The minimum Gasteiger partial charge on any atom is -0.497 e. The van der Waals surface area contributed by atoms with Crippen molar-refractivity contribution in [3.63, 3.8) is 0 Å². The Bertz CT molecular complexity index is 1450. The highest BCUT2D eigenvalue weighted by Gasteiger charge is 2.37. The highest BCUT2D eigenvalue weighted by Crippen LogP contribution is 2.46. The maximum absolute atomic E-state index is 13.8. The molecule has 37 heavy (non-hydrogen) atoms. The predicted octanol–water partition coefficient (Wildman–Crippen LogP) is 7.52. The van der Waals surface area contributed by atoms with Gasteiger partial charge in [0.15, 0.2) is 5.78 Å². The van der Waals surface area contributed by atoms with Crippen LogP contribution >= 0.6 is 0 Å². The summed E-state index contributed by atoms with van der Waals surface area (Å²) in [7, 11) is 5.67. The molecule has 1 aliphatic carbocycles. The van der Waals surface area contributed by atoms with E-state index in [2.05, 4.69) is 41.3 Å². The first-order chi connectivity index (χ1) is 18.0. The number of hydrogen-bond donors (Lipinski definition) is 0. The van der Waals surface area contributed by atoms with Crippen LogP contribution in [0, 0.1) is 0 Å². The molecule has 0 radical (unpaired) electrons. The maximum Gasteiger partial charge on any atom is 0.194 e. The van der Waals surface area contributed by atoms with E-state index in [9.17, 15) is 4.79 Å². The molecule has 0 aromatic heterocycles. The third kappa shape index (κ3) is 5.05. The molecule has 0 saturated heterocycles. The van der Waals surface area contributed by atoms with Gasteiger partial charge in [-0.05, 0) is 59.2 Å². The van der Waals surface area contributed by atoms with Crippen LogP contribution in [0.5, 0.6) is 17.2 Å². The number of benzene rings is 4. The van der Waals surface area contributed by atoms with Gasteiger partial charge in [-0.3, -0.25) is 4.79 Å². The minimum absolute atomic E-state index is 0.0134. The summed E-state index contributed by atoms with van der Waals surface area (Å²) in [5, 5.41) is 0. The molecule has 5 rings (SSSR count). The van der Waals surface area contributed by atoms with Crippen LogP contribution in [-0.4, -0.2) is 27.0 Å². The molecule has 0 N–H and O–H groups in total. The lowest BCUT2D eigenvalue weighted by atomic mass is 9.89. The zero-order valence-electron chi connectivity index (χ0n) is 21.2. The largest absolute Gasteiger partial charge is 0.497 e. The van der Waals surface area contributed by atoms with Crippen LogP contribution < -0.4 is 14.4 Å². The van der Waals surface area contributed by atoms with Crippen molar-refractivity contribution in [2.45, 2.75) is 5.92 Å². The SMILES string of the molecule is COc1ccc(Oc2cccc3c2C(=O)C(=CC=Cc2ccc(N(C)C)cc2)C3c2ccccc2)cc1. The standard InChI is InChI=1S/C33H29NO3/c1-34(2)25-17-15-23(16-18-25)9-7-13-29-31(24-10-5-4-6-11-24)28-12-8-14-30(32(28)33(29)35)37-27-21-19-26(36-3)20-22-27/h4-22,31H,1-3H3. The van der Waals surface area contributed by atoms with E-state index in [0.29, 0.717) is 17.1 Å². The van der Waals surface area contributed by atoms with E-state index >= 15 is 0 Å². The molecule has 0 bridgehead atoms. The van der Waals surface area contributed by atoms with E-state index in [1.807, 2.05) is 93.0 Å². The normalized spacial score (nSPS) is 15.7. The van der Waals surface area contributed by atoms with E-state index < -0.39 is 0 Å². The summed E-state index contributed by atoms with van der Waals surface area (Å²) < 4.78 is 11.4. The van der Waals surface area contributed by atoms with Gasteiger partial charge in [-0.1, -0.05) is 72.8 Å². The lowest BCUT2D eigenvalue weighted by Crippen LogP contribution is -2.07. The fourth-order valence-electron chi connectivity index (χ4n) is 4.65. The van der Waals surface area contributed by atoms with Crippen LogP contribution in [0.25, 0.3) is 6.08 Å². The van der Waals surface area contributed by atoms with Gasteiger partial charge in [-0.2, -0.15) is 0 Å². The Morgan fingerprint density at radius 1 is 0.784 bits per heavy atom. The number of carbonyl (C=O) groups excluding carboxylic acids is 1. The van der Waals surface area contributed by atoms with Gasteiger partial charge in [0.25, 0.3) is 0 Å². The van der Waals surface area contributed by atoms with Crippen LogP contribution in [0.1, 0.15) is 33.0 Å². The van der Waals surface area contributed by atoms with E-state index in [1.165, 1.54) is 0 Å². The number of rotatable bonds is 7. The van der Waals surface area contributed by atoms with Crippen molar-refractivity contribution >= 4 is 17.5 Å². The molecule has 1 atom stereocenters. The lowest BCUT2D eigenvalue weighted by molar-refractivity contribution is 0.103. The first-order valence-electron chi connectivity index (χ1n) is 12.3. The Labute approximate surface area is 218 Å². The van der Waals surface area contributed by atoms with E-state index in [4.69, 9.17) is 9.47 Å². The number of fused-ring (bicyclic) bond motifs is 1. The number of nitrogens with zero attached hydrogens (tertiary/aromatic N) is 1. The number of hydrogen-bond acceptors (Lipinski definition) is 4. The molecule has 0 fully saturated rings.